The third kappa shape index (κ3) is 6.25. The molecule has 1 unspecified atom stereocenters. The van der Waals surface area contributed by atoms with E-state index in [-0.39, 0.29) is 30.0 Å². The Bertz CT molecular complexity index is 794. The highest BCUT2D eigenvalue weighted by molar-refractivity contribution is 14.0. The van der Waals surface area contributed by atoms with Crippen molar-refractivity contribution in [3.63, 3.8) is 0 Å². The fourth-order valence-electron chi connectivity index (χ4n) is 2.86. The number of aromatic nitrogens is 2. The van der Waals surface area contributed by atoms with Crippen LogP contribution >= 0.6 is 47.2 Å². The zero-order chi connectivity index (χ0) is 19.1. The summed E-state index contributed by atoms with van der Waals surface area (Å²) in [5.74, 6) is 1.99. The van der Waals surface area contributed by atoms with Gasteiger partial charge in [0.2, 0.25) is 5.88 Å². The van der Waals surface area contributed by atoms with Crippen LogP contribution in [0, 0.1) is 0 Å². The molecule has 3 heterocycles. The lowest BCUT2D eigenvalue weighted by Gasteiger charge is -2.20. The van der Waals surface area contributed by atoms with Crippen LogP contribution < -0.4 is 20.3 Å². The lowest BCUT2D eigenvalue weighted by atomic mass is 10.3. The van der Waals surface area contributed by atoms with E-state index < -0.39 is 0 Å². The van der Waals surface area contributed by atoms with Gasteiger partial charge in [-0.2, -0.15) is 0 Å². The summed E-state index contributed by atoms with van der Waals surface area (Å²) in [7, 11) is 1.74. The van der Waals surface area contributed by atoms with Crippen molar-refractivity contribution in [1.82, 2.24) is 20.6 Å². The Hall–Kier alpha value is -1.52. The van der Waals surface area contributed by atoms with Crippen molar-refractivity contribution >= 4 is 59.0 Å². The lowest BCUT2D eigenvalue weighted by molar-refractivity contribution is 0.310. The number of nitrogens with zero attached hydrogens (tertiary/aromatic N) is 4. The summed E-state index contributed by atoms with van der Waals surface area (Å²) < 4.78 is 5.57. The molecule has 0 amide bonds. The maximum atomic E-state index is 6.24. The number of rotatable bonds is 6. The molecule has 1 aliphatic heterocycles. The number of anilines is 1. The van der Waals surface area contributed by atoms with Crippen molar-refractivity contribution < 1.29 is 4.74 Å². The number of hydrogen-bond donors (Lipinski definition) is 2. The Morgan fingerprint density at radius 2 is 2.00 bits per heavy atom. The minimum Gasteiger partial charge on any atom is -0.475 e. The first-order valence-corrected chi connectivity index (χ1v) is 9.49. The summed E-state index contributed by atoms with van der Waals surface area (Å²) in [6.07, 6.45) is 4.39. The molecule has 2 aromatic rings. The third-order valence-electron chi connectivity index (χ3n) is 4.15. The van der Waals surface area contributed by atoms with Crippen molar-refractivity contribution in [2.24, 2.45) is 4.99 Å². The number of halogens is 3. The van der Waals surface area contributed by atoms with Crippen molar-refractivity contribution in [1.29, 1.82) is 0 Å². The number of hydrogen-bond acceptors (Lipinski definition) is 5. The van der Waals surface area contributed by atoms with Crippen LogP contribution in [0.25, 0.3) is 0 Å². The van der Waals surface area contributed by atoms with Gasteiger partial charge in [-0.05, 0) is 30.7 Å². The van der Waals surface area contributed by atoms with Crippen molar-refractivity contribution in [2.45, 2.75) is 12.5 Å². The van der Waals surface area contributed by atoms with Gasteiger partial charge in [0.15, 0.2) is 5.96 Å². The van der Waals surface area contributed by atoms with E-state index >= 15 is 0 Å². The molecule has 0 aliphatic carbocycles. The highest BCUT2D eigenvalue weighted by Crippen LogP contribution is 2.25. The van der Waals surface area contributed by atoms with E-state index in [2.05, 4.69) is 30.5 Å². The smallest absolute Gasteiger partial charge is 0.232 e. The molecule has 1 saturated heterocycles. The van der Waals surface area contributed by atoms with Gasteiger partial charge in [0.05, 0.1) is 11.6 Å². The predicted molar refractivity (Wildman–Crippen MR) is 125 cm³/mol. The Kier molecular flexibility index (Phi) is 9.33. The summed E-state index contributed by atoms with van der Waals surface area (Å²) in [5, 5.41) is 7.83. The molecule has 1 atom stereocenters. The summed E-state index contributed by atoms with van der Waals surface area (Å²) in [6, 6.07) is 7.47. The minimum absolute atomic E-state index is 0. The Labute approximate surface area is 191 Å². The zero-order valence-electron chi connectivity index (χ0n) is 15.4. The molecule has 1 aliphatic rings. The molecule has 10 heteroatoms. The highest BCUT2D eigenvalue weighted by atomic mass is 127. The molecule has 1 fully saturated rings. The maximum absolute atomic E-state index is 6.24. The molecule has 0 spiro atoms. The molecule has 2 N–H and O–H groups in total. The molecular formula is C18H23Cl2IN6O. The van der Waals surface area contributed by atoms with Crippen LogP contribution in [-0.4, -0.2) is 55.3 Å². The predicted octanol–water partition coefficient (Wildman–Crippen LogP) is 3.22. The molecule has 0 aromatic carbocycles. The molecule has 0 bridgehead atoms. The second-order valence-corrected chi connectivity index (χ2v) is 6.84. The quantitative estimate of drug-likeness (QED) is 0.255. The summed E-state index contributed by atoms with van der Waals surface area (Å²) >= 11 is 12.3. The molecule has 28 heavy (non-hydrogen) atoms. The summed E-state index contributed by atoms with van der Waals surface area (Å²) in [6.45, 7) is 2.72. The molecular weight excluding hydrogens is 514 g/mol. The van der Waals surface area contributed by atoms with E-state index in [1.807, 2.05) is 12.1 Å². The van der Waals surface area contributed by atoms with Crippen LogP contribution in [0.1, 0.15) is 6.42 Å². The Morgan fingerprint density at radius 1 is 1.25 bits per heavy atom. The average molecular weight is 537 g/mol. The average Bonchev–Trinajstić information content (AvgIpc) is 3.14. The van der Waals surface area contributed by atoms with Crippen molar-refractivity contribution in [2.75, 3.05) is 38.2 Å². The zero-order valence-corrected chi connectivity index (χ0v) is 19.3. The van der Waals surface area contributed by atoms with Gasteiger partial charge in [-0.1, -0.05) is 23.2 Å². The molecule has 0 saturated carbocycles. The first-order chi connectivity index (χ1) is 13.2. The van der Waals surface area contributed by atoms with E-state index in [4.69, 9.17) is 27.9 Å². The maximum Gasteiger partial charge on any atom is 0.232 e. The standard InChI is InChI=1S/C18H22Cl2N6O.HI/c1-21-18(24-9-11-27-17-15(20)5-3-8-23-17)25-13-6-10-26(12-13)16-14(19)4-2-7-22-16;/h2-5,7-8,13H,6,9-12H2,1H3,(H2,21,24,25);1H. The van der Waals surface area contributed by atoms with Crippen LogP contribution in [-0.2, 0) is 0 Å². The van der Waals surface area contributed by atoms with E-state index in [1.54, 1.807) is 31.6 Å². The van der Waals surface area contributed by atoms with Gasteiger partial charge >= 0.3 is 0 Å². The van der Waals surface area contributed by atoms with Gasteiger partial charge in [0.25, 0.3) is 0 Å². The van der Waals surface area contributed by atoms with E-state index in [1.165, 1.54) is 0 Å². The van der Waals surface area contributed by atoms with Gasteiger partial charge in [0, 0.05) is 38.6 Å². The molecule has 152 valence electrons. The van der Waals surface area contributed by atoms with Crippen LogP contribution in [0.15, 0.2) is 41.7 Å². The highest BCUT2D eigenvalue weighted by Gasteiger charge is 2.25. The summed E-state index contributed by atoms with van der Waals surface area (Å²) in [4.78, 5) is 14.9. The molecule has 3 rings (SSSR count). The van der Waals surface area contributed by atoms with Crippen LogP contribution in [0.3, 0.4) is 0 Å². The monoisotopic (exact) mass is 536 g/mol. The number of pyridine rings is 2. The first-order valence-electron chi connectivity index (χ1n) is 8.73. The van der Waals surface area contributed by atoms with E-state index in [9.17, 15) is 0 Å². The molecule has 0 radical (unpaired) electrons. The van der Waals surface area contributed by atoms with E-state index in [0.717, 1.165) is 31.3 Å². The first kappa shape index (κ1) is 22.8. The third-order valence-corrected chi connectivity index (χ3v) is 4.73. The molecule has 2 aromatic heterocycles. The Balaban J connectivity index is 0.00000280. The van der Waals surface area contributed by atoms with Crippen LogP contribution in [0.4, 0.5) is 5.82 Å². The normalized spacial score (nSPS) is 16.5. The van der Waals surface area contributed by atoms with Gasteiger partial charge in [0.1, 0.15) is 17.4 Å². The fourth-order valence-corrected chi connectivity index (χ4v) is 3.28. The molecule has 7 nitrogen and oxygen atoms in total. The summed E-state index contributed by atoms with van der Waals surface area (Å²) in [5.41, 5.74) is 0. The lowest BCUT2D eigenvalue weighted by Crippen LogP contribution is -2.45. The number of guanidine groups is 1. The van der Waals surface area contributed by atoms with Gasteiger partial charge in [-0.3, -0.25) is 4.99 Å². The second kappa shape index (κ2) is 11.5. The van der Waals surface area contributed by atoms with Gasteiger partial charge in [-0.15, -0.1) is 24.0 Å². The van der Waals surface area contributed by atoms with Gasteiger partial charge in [-0.25, -0.2) is 9.97 Å². The fraction of sp³-hybridized carbons (Fsp3) is 0.389. The van der Waals surface area contributed by atoms with Gasteiger partial charge < -0.3 is 20.3 Å². The topological polar surface area (TPSA) is 74.7 Å². The Morgan fingerprint density at radius 3 is 2.71 bits per heavy atom. The van der Waals surface area contributed by atoms with Crippen molar-refractivity contribution in [3.8, 4) is 5.88 Å². The van der Waals surface area contributed by atoms with Crippen LogP contribution in [0.5, 0.6) is 5.88 Å². The van der Waals surface area contributed by atoms with Crippen molar-refractivity contribution in [3.05, 3.63) is 46.7 Å². The SMILES string of the molecule is CN=C(NCCOc1ncccc1Cl)NC1CCN(c2ncccc2Cl)C1.I. The second-order valence-electron chi connectivity index (χ2n) is 6.02. The minimum atomic E-state index is 0. The number of aliphatic imine (C=N–C) groups is 1. The largest absolute Gasteiger partial charge is 0.475 e. The number of nitrogens with one attached hydrogen (secondary N) is 2. The van der Waals surface area contributed by atoms with Crippen LogP contribution in [0.2, 0.25) is 10.0 Å². The number of ether oxygens (including phenoxy) is 1. The van der Waals surface area contributed by atoms with E-state index in [0.29, 0.717) is 29.1 Å².